The number of carbonyl (C=O) groups is 3. The molecule has 6 heteroatoms. The van der Waals surface area contributed by atoms with Crippen molar-refractivity contribution in [1.29, 1.82) is 0 Å². The Kier molecular flexibility index (Phi) is 5.80. The van der Waals surface area contributed by atoms with Crippen molar-refractivity contribution >= 4 is 17.7 Å². The molecule has 3 amide bonds. The van der Waals surface area contributed by atoms with Crippen LogP contribution in [0.5, 0.6) is 0 Å². The van der Waals surface area contributed by atoms with Gasteiger partial charge in [0.05, 0.1) is 0 Å². The fourth-order valence-corrected chi connectivity index (χ4v) is 3.23. The second-order valence-electron chi connectivity index (χ2n) is 6.12. The van der Waals surface area contributed by atoms with Gasteiger partial charge >= 0.3 is 0 Å². The quantitative estimate of drug-likeness (QED) is 0.774. The Morgan fingerprint density at radius 2 is 1.86 bits per heavy atom. The lowest BCUT2D eigenvalue weighted by atomic mass is 10.1. The maximum Gasteiger partial charge on any atom is 0.245 e. The van der Waals surface area contributed by atoms with E-state index in [-0.39, 0.29) is 23.8 Å². The lowest BCUT2D eigenvalue weighted by Gasteiger charge is -2.39. The maximum atomic E-state index is 12.4. The Hall–Kier alpha value is -1.59. The SMILES string of the molecule is CCN1CCN(C(=O)CCN2CCCCCC2=O)[C@H](C)C1=O. The number of carbonyl (C=O) groups excluding carboxylic acids is 3. The Bertz CT molecular complexity index is 438. The van der Waals surface area contributed by atoms with Crippen molar-refractivity contribution in [2.45, 2.75) is 52.0 Å². The van der Waals surface area contributed by atoms with Gasteiger partial charge in [0.25, 0.3) is 0 Å². The van der Waals surface area contributed by atoms with Crippen LogP contribution >= 0.6 is 0 Å². The highest BCUT2D eigenvalue weighted by molar-refractivity contribution is 5.88. The molecule has 2 aliphatic heterocycles. The minimum Gasteiger partial charge on any atom is -0.342 e. The summed E-state index contributed by atoms with van der Waals surface area (Å²) in [4.78, 5) is 41.7. The van der Waals surface area contributed by atoms with E-state index in [9.17, 15) is 14.4 Å². The molecule has 1 atom stereocenters. The summed E-state index contributed by atoms with van der Waals surface area (Å²) >= 11 is 0. The summed E-state index contributed by atoms with van der Waals surface area (Å²) in [6, 6.07) is -0.388. The summed E-state index contributed by atoms with van der Waals surface area (Å²) in [6.45, 7) is 6.86. The van der Waals surface area contributed by atoms with Crippen molar-refractivity contribution in [3.8, 4) is 0 Å². The van der Waals surface area contributed by atoms with Crippen LogP contribution in [0.2, 0.25) is 0 Å². The van der Waals surface area contributed by atoms with Crippen LogP contribution in [-0.2, 0) is 14.4 Å². The van der Waals surface area contributed by atoms with E-state index in [0.717, 1.165) is 25.8 Å². The molecule has 0 aromatic carbocycles. The fraction of sp³-hybridized carbons (Fsp3) is 0.812. The lowest BCUT2D eigenvalue weighted by molar-refractivity contribution is -0.150. The first-order valence-corrected chi connectivity index (χ1v) is 8.40. The van der Waals surface area contributed by atoms with Gasteiger partial charge in [0, 0.05) is 45.6 Å². The average molecular weight is 309 g/mol. The molecule has 2 heterocycles. The van der Waals surface area contributed by atoms with E-state index in [1.165, 1.54) is 0 Å². The molecule has 0 spiro atoms. The number of piperazine rings is 1. The zero-order valence-corrected chi connectivity index (χ0v) is 13.7. The van der Waals surface area contributed by atoms with Crippen LogP contribution < -0.4 is 0 Å². The smallest absolute Gasteiger partial charge is 0.245 e. The first-order chi connectivity index (χ1) is 10.5. The third kappa shape index (κ3) is 3.78. The summed E-state index contributed by atoms with van der Waals surface area (Å²) < 4.78 is 0. The number of likely N-dealkylation sites (tertiary alicyclic amines) is 1. The van der Waals surface area contributed by atoms with E-state index in [1.807, 2.05) is 6.92 Å². The van der Waals surface area contributed by atoms with E-state index in [2.05, 4.69) is 0 Å². The molecule has 2 saturated heterocycles. The second kappa shape index (κ2) is 7.61. The van der Waals surface area contributed by atoms with Gasteiger partial charge in [-0.15, -0.1) is 0 Å². The molecule has 2 rings (SSSR count). The van der Waals surface area contributed by atoms with E-state index in [1.54, 1.807) is 21.6 Å². The molecule has 22 heavy (non-hydrogen) atoms. The topological polar surface area (TPSA) is 60.9 Å². The summed E-state index contributed by atoms with van der Waals surface area (Å²) in [5.74, 6) is 0.159. The minimum absolute atomic E-state index is 0.0198. The van der Waals surface area contributed by atoms with Crippen molar-refractivity contribution in [2.24, 2.45) is 0 Å². The van der Waals surface area contributed by atoms with Gasteiger partial charge in [0.15, 0.2) is 0 Å². The van der Waals surface area contributed by atoms with E-state index in [0.29, 0.717) is 39.0 Å². The molecule has 0 N–H and O–H groups in total. The number of likely N-dealkylation sites (N-methyl/N-ethyl adjacent to an activating group) is 1. The fourth-order valence-electron chi connectivity index (χ4n) is 3.23. The van der Waals surface area contributed by atoms with Gasteiger partial charge in [0.1, 0.15) is 6.04 Å². The largest absolute Gasteiger partial charge is 0.342 e. The van der Waals surface area contributed by atoms with E-state index >= 15 is 0 Å². The van der Waals surface area contributed by atoms with Crippen molar-refractivity contribution < 1.29 is 14.4 Å². The third-order valence-corrected chi connectivity index (χ3v) is 4.72. The lowest BCUT2D eigenvalue weighted by Crippen LogP contribution is -2.57. The summed E-state index contributed by atoms with van der Waals surface area (Å²) in [7, 11) is 0. The second-order valence-corrected chi connectivity index (χ2v) is 6.12. The van der Waals surface area contributed by atoms with Gasteiger partial charge in [-0.2, -0.15) is 0 Å². The number of rotatable bonds is 4. The Balaban J connectivity index is 1.86. The molecular weight excluding hydrogens is 282 g/mol. The van der Waals surface area contributed by atoms with Crippen molar-refractivity contribution in [1.82, 2.24) is 14.7 Å². The van der Waals surface area contributed by atoms with Gasteiger partial charge < -0.3 is 14.7 Å². The van der Waals surface area contributed by atoms with Crippen molar-refractivity contribution in [2.75, 3.05) is 32.7 Å². The van der Waals surface area contributed by atoms with E-state index in [4.69, 9.17) is 0 Å². The Morgan fingerprint density at radius 3 is 2.59 bits per heavy atom. The molecule has 0 aliphatic carbocycles. The number of hydrogen-bond acceptors (Lipinski definition) is 3. The summed E-state index contributed by atoms with van der Waals surface area (Å²) in [5.41, 5.74) is 0. The third-order valence-electron chi connectivity index (χ3n) is 4.72. The Morgan fingerprint density at radius 1 is 1.09 bits per heavy atom. The molecule has 0 unspecified atom stereocenters. The first kappa shape index (κ1) is 16.8. The predicted molar refractivity (Wildman–Crippen MR) is 83.1 cm³/mol. The predicted octanol–water partition coefficient (Wildman–Crippen LogP) is 0.858. The molecule has 0 radical (unpaired) electrons. The average Bonchev–Trinajstić information content (AvgIpc) is 2.72. The van der Waals surface area contributed by atoms with Crippen LogP contribution in [0.4, 0.5) is 0 Å². The van der Waals surface area contributed by atoms with Crippen LogP contribution in [0.15, 0.2) is 0 Å². The van der Waals surface area contributed by atoms with Crippen LogP contribution in [-0.4, -0.2) is 71.2 Å². The van der Waals surface area contributed by atoms with Crippen LogP contribution in [0.3, 0.4) is 0 Å². The Labute approximate surface area is 132 Å². The molecule has 0 aromatic rings. The number of nitrogens with zero attached hydrogens (tertiary/aromatic N) is 3. The van der Waals surface area contributed by atoms with Crippen LogP contribution in [0, 0.1) is 0 Å². The molecular formula is C16H27N3O3. The molecule has 6 nitrogen and oxygen atoms in total. The standard InChI is InChI=1S/C16H27N3O3/c1-3-17-11-12-19(13(2)16(17)22)15(21)8-10-18-9-6-4-5-7-14(18)20/h13H,3-12H2,1-2H3/t13-/m1/s1. The molecule has 0 aromatic heterocycles. The summed E-state index contributed by atoms with van der Waals surface area (Å²) in [5, 5.41) is 0. The highest BCUT2D eigenvalue weighted by atomic mass is 16.2. The van der Waals surface area contributed by atoms with Crippen molar-refractivity contribution in [3.63, 3.8) is 0 Å². The first-order valence-electron chi connectivity index (χ1n) is 8.40. The van der Waals surface area contributed by atoms with Gasteiger partial charge in [-0.1, -0.05) is 6.42 Å². The highest BCUT2D eigenvalue weighted by Gasteiger charge is 2.33. The zero-order chi connectivity index (χ0) is 16.1. The van der Waals surface area contributed by atoms with E-state index < -0.39 is 0 Å². The number of amides is 3. The van der Waals surface area contributed by atoms with Gasteiger partial charge in [-0.05, 0) is 26.7 Å². The zero-order valence-electron chi connectivity index (χ0n) is 13.7. The van der Waals surface area contributed by atoms with Crippen LogP contribution in [0.1, 0.15) is 46.0 Å². The highest BCUT2D eigenvalue weighted by Crippen LogP contribution is 2.15. The molecule has 0 saturated carbocycles. The number of hydrogen-bond donors (Lipinski definition) is 0. The molecule has 2 aliphatic rings. The van der Waals surface area contributed by atoms with Gasteiger partial charge in [-0.3, -0.25) is 14.4 Å². The molecule has 124 valence electrons. The van der Waals surface area contributed by atoms with Crippen molar-refractivity contribution in [3.05, 3.63) is 0 Å². The molecule has 0 bridgehead atoms. The summed E-state index contributed by atoms with van der Waals surface area (Å²) in [6.07, 6.45) is 3.96. The monoisotopic (exact) mass is 309 g/mol. The van der Waals surface area contributed by atoms with Gasteiger partial charge in [0.2, 0.25) is 17.7 Å². The minimum atomic E-state index is -0.388. The maximum absolute atomic E-state index is 12.4. The molecule has 2 fully saturated rings. The van der Waals surface area contributed by atoms with Gasteiger partial charge in [-0.25, -0.2) is 0 Å². The van der Waals surface area contributed by atoms with Crippen LogP contribution in [0.25, 0.3) is 0 Å². The normalized spacial score (nSPS) is 23.7.